The summed E-state index contributed by atoms with van der Waals surface area (Å²) in [6.07, 6.45) is 3.38. The van der Waals surface area contributed by atoms with Crippen LogP contribution in [0.1, 0.15) is 39.5 Å². The van der Waals surface area contributed by atoms with E-state index in [0.717, 1.165) is 19.3 Å². The lowest BCUT2D eigenvalue weighted by atomic mass is 10.0. The van der Waals surface area contributed by atoms with Gasteiger partial charge in [0.15, 0.2) is 0 Å². The molecule has 6 nitrogen and oxygen atoms in total. The van der Waals surface area contributed by atoms with Gasteiger partial charge in [0.1, 0.15) is 0 Å². The van der Waals surface area contributed by atoms with E-state index in [-0.39, 0.29) is 18.7 Å². The number of piperidine rings is 1. The molecule has 20 heavy (non-hydrogen) atoms. The number of hydrogen-bond donors (Lipinski definition) is 2. The van der Waals surface area contributed by atoms with E-state index in [2.05, 4.69) is 5.32 Å². The topological polar surface area (TPSA) is 78.9 Å². The zero-order valence-corrected chi connectivity index (χ0v) is 12.4. The fourth-order valence-corrected chi connectivity index (χ4v) is 2.48. The van der Waals surface area contributed by atoms with E-state index in [1.807, 2.05) is 13.8 Å². The Hall–Kier alpha value is -1.30. The summed E-state index contributed by atoms with van der Waals surface area (Å²) in [5, 5.41) is 11.8. The number of likely N-dealkylation sites (tertiary alicyclic amines) is 1. The summed E-state index contributed by atoms with van der Waals surface area (Å²) in [7, 11) is 0. The molecule has 0 bridgehead atoms. The molecule has 0 aromatic rings. The fourth-order valence-electron chi connectivity index (χ4n) is 2.48. The van der Waals surface area contributed by atoms with Gasteiger partial charge in [-0.1, -0.05) is 13.3 Å². The molecule has 0 aromatic carbocycles. The maximum atomic E-state index is 12.0. The zero-order valence-electron chi connectivity index (χ0n) is 12.4. The fraction of sp³-hybridized carbons (Fsp3) is 0.857. The first-order valence-corrected chi connectivity index (χ1v) is 7.45. The third-order valence-corrected chi connectivity index (χ3v) is 3.55. The van der Waals surface area contributed by atoms with E-state index >= 15 is 0 Å². The highest BCUT2D eigenvalue weighted by Gasteiger charge is 2.25. The summed E-state index contributed by atoms with van der Waals surface area (Å²) in [5.41, 5.74) is 0. The number of rotatable bonds is 7. The molecule has 1 aliphatic heterocycles. The van der Waals surface area contributed by atoms with E-state index < -0.39 is 11.9 Å². The maximum absolute atomic E-state index is 12.0. The SMILES string of the molecule is CCCC(CNC(=O)N1CCCC(OCC)C1)C(=O)O. The van der Waals surface area contributed by atoms with Crippen molar-refractivity contribution < 1.29 is 19.4 Å². The summed E-state index contributed by atoms with van der Waals surface area (Å²) in [6, 6.07) is -0.184. The molecular weight excluding hydrogens is 260 g/mol. The van der Waals surface area contributed by atoms with E-state index in [0.29, 0.717) is 26.1 Å². The Morgan fingerprint density at radius 3 is 2.80 bits per heavy atom. The van der Waals surface area contributed by atoms with E-state index in [4.69, 9.17) is 9.84 Å². The minimum absolute atomic E-state index is 0.102. The van der Waals surface area contributed by atoms with Gasteiger partial charge >= 0.3 is 12.0 Å². The van der Waals surface area contributed by atoms with Gasteiger partial charge in [0.05, 0.1) is 12.0 Å². The van der Waals surface area contributed by atoms with E-state index in [9.17, 15) is 9.59 Å². The molecule has 1 saturated heterocycles. The number of ether oxygens (including phenoxy) is 1. The summed E-state index contributed by atoms with van der Waals surface area (Å²) in [6.45, 7) is 6.03. The maximum Gasteiger partial charge on any atom is 0.317 e. The van der Waals surface area contributed by atoms with Crippen LogP contribution in [0.4, 0.5) is 4.79 Å². The van der Waals surface area contributed by atoms with Crippen molar-refractivity contribution in [1.29, 1.82) is 0 Å². The molecule has 0 radical (unpaired) electrons. The average molecular weight is 286 g/mol. The Bertz CT molecular complexity index is 320. The second kappa shape index (κ2) is 8.79. The van der Waals surface area contributed by atoms with Crippen LogP contribution in [0.15, 0.2) is 0 Å². The van der Waals surface area contributed by atoms with Crippen molar-refractivity contribution in [2.45, 2.75) is 45.6 Å². The van der Waals surface area contributed by atoms with Crippen LogP contribution >= 0.6 is 0 Å². The van der Waals surface area contributed by atoms with Gasteiger partial charge in [-0.3, -0.25) is 4.79 Å². The lowest BCUT2D eigenvalue weighted by molar-refractivity contribution is -0.141. The van der Waals surface area contributed by atoms with Crippen LogP contribution in [-0.4, -0.2) is 54.4 Å². The molecule has 2 unspecified atom stereocenters. The molecule has 2 amide bonds. The molecule has 6 heteroatoms. The third-order valence-electron chi connectivity index (χ3n) is 3.55. The number of carboxylic acid groups (broad SMARTS) is 1. The Labute approximate surface area is 120 Å². The van der Waals surface area contributed by atoms with Crippen LogP contribution in [0.2, 0.25) is 0 Å². The number of urea groups is 1. The van der Waals surface area contributed by atoms with Crippen molar-refractivity contribution in [2.24, 2.45) is 5.92 Å². The first-order valence-electron chi connectivity index (χ1n) is 7.45. The summed E-state index contributed by atoms with van der Waals surface area (Å²) in [5.74, 6) is -1.35. The number of hydrogen-bond acceptors (Lipinski definition) is 3. The number of nitrogens with zero attached hydrogens (tertiary/aromatic N) is 1. The smallest absolute Gasteiger partial charge is 0.317 e. The van der Waals surface area contributed by atoms with Crippen LogP contribution < -0.4 is 5.32 Å². The van der Waals surface area contributed by atoms with E-state index in [1.54, 1.807) is 4.90 Å². The van der Waals surface area contributed by atoms with Gasteiger partial charge in [-0.25, -0.2) is 4.79 Å². The largest absolute Gasteiger partial charge is 0.481 e. The summed E-state index contributed by atoms with van der Waals surface area (Å²) >= 11 is 0. The van der Waals surface area contributed by atoms with Crippen molar-refractivity contribution in [3.63, 3.8) is 0 Å². The lowest BCUT2D eigenvalue weighted by Crippen LogP contribution is -2.49. The van der Waals surface area contributed by atoms with Gasteiger partial charge in [-0.05, 0) is 26.2 Å². The quantitative estimate of drug-likeness (QED) is 0.746. The summed E-state index contributed by atoms with van der Waals surface area (Å²) in [4.78, 5) is 24.8. The Morgan fingerprint density at radius 2 is 2.20 bits per heavy atom. The molecule has 2 N–H and O–H groups in total. The van der Waals surface area contributed by atoms with Crippen molar-refractivity contribution in [3.05, 3.63) is 0 Å². The standard InChI is InChI=1S/C14H26N2O4/c1-3-6-11(13(17)18)9-15-14(19)16-8-5-7-12(10-16)20-4-2/h11-12H,3-10H2,1-2H3,(H,15,19)(H,17,18). The molecule has 116 valence electrons. The molecule has 2 atom stereocenters. The predicted molar refractivity (Wildman–Crippen MR) is 75.7 cm³/mol. The van der Waals surface area contributed by atoms with Gasteiger partial charge < -0.3 is 20.1 Å². The van der Waals surface area contributed by atoms with Gasteiger partial charge in [0.2, 0.25) is 0 Å². The second-order valence-electron chi connectivity index (χ2n) is 5.18. The molecule has 0 spiro atoms. The third kappa shape index (κ3) is 5.36. The first kappa shape index (κ1) is 16.8. The molecule has 0 aliphatic carbocycles. The molecule has 1 rings (SSSR count). The highest BCUT2D eigenvalue weighted by molar-refractivity contribution is 5.76. The molecule has 0 aromatic heterocycles. The first-order chi connectivity index (χ1) is 9.58. The zero-order chi connectivity index (χ0) is 15.0. The number of carbonyl (C=O) groups excluding carboxylic acids is 1. The van der Waals surface area contributed by atoms with Crippen LogP contribution in [0.25, 0.3) is 0 Å². The minimum Gasteiger partial charge on any atom is -0.481 e. The van der Waals surface area contributed by atoms with Crippen molar-refractivity contribution in [2.75, 3.05) is 26.2 Å². The Kier molecular flexibility index (Phi) is 7.36. The minimum atomic E-state index is -0.849. The van der Waals surface area contributed by atoms with Crippen LogP contribution in [0, 0.1) is 5.92 Å². The summed E-state index contributed by atoms with van der Waals surface area (Å²) < 4.78 is 5.55. The molecule has 1 fully saturated rings. The van der Waals surface area contributed by atoms with Gasteiger partial charge in [-0.15, -0.1) is 0 Å². The van der Waals surface area contributed by atoms with Gasteiger partial charge in [-0.2, -0.15) is 0 Å². The average Bonchev–Trinajstić information content (AvgIpc) is 2.43. The highest BCUT2D eigenvalue weighted by Crippen LogP contribution is 2.13. The number of carboxylic acids is 1. The van der Waals surface area contributed by atoms with E-state index in [1.165, 1.54) is 0 Å². The molecule has 1 heterocycles. The lowest BCUT2D eigenvalue weighted by Gasteiger charge is -2.32. The van der Waals surface area contributed by atoms with Crippen LogP contribution in [0.3, 0.4) is 0 Å². The molecule has 1 aliphatic rings. The number of aliphatic carboxylic acids is 1. The predicted octanol–water partition coefficient (Wildman–Crippen LogP) is 1.70. The highest BCUT2D eigenvalue weighted by atomic mass is 16.5. The Balaban J connectivity index is 2.39. The molecular formula is C14H26N2O4. The number of nitrogens with one attached hydrogen (secondary N) is 1. The molecule has 0 saturated carbocycles. The second-order valence-corrected chi connectivity index (χ2v) is 5.18. The Morgan fingerprint density at radius 1 is 1.45 bits per heavy atom. The van der Waals surface area contributed by atoms with Crippen LogP contribution in [0.5, 0.6) is 0 Å². The van der Waals surface area contributed by atoms with Gasteiger partial charge in [0, 0.05) is 26.2 Å². The monoisotopic (exact) mass is 286 g/mol. The van der Waals surface area contributed by atoms with Crippen molar-refractivity contribution >= 4 is 12.0 Å². The number of amides is 2. The van der Waals surface area contributed by atoms with Gasteiger partial charge in [0.25, 0.3) is 0 Å². The van der Waals surface area contributed by atoms with Crippen molar-refractivity contribution in [3.8, 4) is 0 Å². The number of carbonyl (C=O) groups is 2. The van der Waals surface area contributed by atoms with Crippen LogP contribution in [-0.2, 0) is 9.53 Å². The van der Waals surface area contributed by atoms with Crippen molar-refractivity contribution in [1.82, 2.24) is 10.2 Å². The normalized spacial score (nSPS) is 20.5.